The lowest BCUT2D eigenvalue weighted by Gasteiger charge is -2.05. The molecule has 1 atom stereocenters. The van der Waals surface area contributed by atoms with E-state index in [4.69, 9.17) is 10.2 Å². The Balaban J connectivity index is 2.46. The molecule has 0 heterocycles. The van der Waals surface area contributed by atoms with Gasteiger partial charge in [0.05, 0.1) is 5.92 Å². The summed E-state index contributed by atoms with van der Waals surface area (Å²) in [5.41, 5.74) is 1.05. The van der Waals surface area contributed by atoms with Crippen molar-refractivity contribution in [1.82, 2.24) is 0 Å². The molecular formula is C11H14O3. The number of phenolic OH excluding ortho intramolecular Hbond substituents is 1. The summed E-state index contributed by atoms with van der Waals surface area (Å²) < 4.78 is 0. The zero-order chi connectivity index (χ0) is 10.6. The first-order chi connectivity index (χ1) is 6.59. The molecule has 0 aliphatic heterocycles. The Labute approximate surface area is 83.0 Å². The number of aryl methyl sites for hydroxylation is 1. The lowest BCUT2D eigenvalue weighted by atomic mass is 10.0. The number of carboxylic acid groups (broad SMARTS) is 1. The fraction of sp³-hybridized carbons (Fsp3) is 0.364. The number of rotatable bonds is 4. The van der Waals surface area contributed by atoms with Crippen LogP contribution in [0.4, 0.5) is 0 Å². The largest absolute Gasteiger partial charge is 0.508 e. The van der Waals surface area contributed by atoms with E-state index in [9.17, 15) is 4.79 Å². The first kappa shape index (κ1) is 10.6. The molecule has 1 rings (SSSR count). The van der Waals surface area contributed by atoms with Gasteiger partial charge in [0.2, 0.25) is 0 Å². The standard InChI is InChI=1S/C11H14O3/c1-8(11(13)14)2-3-9-4-6-10(12)7-5-9/h4-8,12H,2-3H2,1H3,(H,13,14)/t8-/m0/s1. The fourth-order valence-electron chi connectivity index (χ4n) is 1.17. The molecule has 0 aliphatic carbocycles. The Kier molecular flexibility index (Phi) is 3.51. The number of aromatic hydroxyl groups is 1. The van der Waals surface area contributed by atoms with Crippen LogP contribution in [-0.2, 0) is 11.2 Å². The third-order valence-electron chi connectivity index (χ3n) is 2.22. The summed E-state index contributed by atoms with van der Waals surface area (Å²) in [6.45, 7) is 1.70. The van der Waals surface area contributed by atoms with Crippen LogP contribution in [0.5, 0.6) is 5.75 Å². The quantitative estimate of drug-likeness (QED) is 0.771. The molecule has 0 saturated heterocycles. The summed E-state index contributed by atoms with van der Waals surface area (Å²) in [6, 6.07) is 6.84. The van der Waals surface area contributed by atoms with Crippen LogP contribution in [0.3, 0.4) is 0 Å². The minimum Gasteiger partial charge on any atom is -0.508 e. The van der Waals surface area contributed by atoms with Crippen LogP contribution in [0, 0.1) is 5.92 Å². The van der Waals surface area contributed by atoms with Gasteiger partial charge in [-0.3, -0.25) is 4.79 Å². The topological polar surface area (TPSA) is 57.5 Å². The van der Waals surface area contributed by atoms with Crippen molar-refractivity contribution >= 4 is 5.97 Å². The first-order valence-corrected chi connectivity index (χ1v) is 4.60. The molecule has 0 bridgehead atoms. The number of hydrogen-bond acceptors (Lipinski definition) is 2. The van der Waals surface area contributed by atoms with Gasteiger partial charge >= 0.3 is 5.97 Å². The molecule has 2 N–H and O–H groups in total. The van der Waals surface area contributed by atoms with Crippen molar-refractivity contribution in [3.8, 4) is 5.75 Å². The molecule has 76 valence electrons. The van der Waals surface area contributed by atoms with Crippen molar-refractivity contribution in [1.29, 1.82) is 0 Å². The van der Waals surface area contributed by atoms with Crippen molar-refractivity contribution < 1.29 is 15.0 Å². The highest BCUT2D eigenvalue weighted by Gasteiger charge is 2.10. The van der Waals surface area contributed by atoms with Crippen molar-refractivity contribution in [3.63, 3.8) is 0 Å². The predicted octanol–water partition coefficient (Wildman–Crippen LogP) is 2.05. The minimum absolute atomic E-state index is 0.236. The molecule has 0 unspecified atom stereocenters. The van der Waals surface area contributed by atoms with E-state index in [1.807, 2.05) is 12.1 Å². The van der Waals surface area contributed by atoms with Gasteiger partial charge in [-0.15, -0.1) is 0 Å². The van der Waals surface area contributed by atoms with Gasteiger partial charge in [0, 0.05) is 0 Å². The van der Waals surface area contributed by atoms with E-state index in [0.29, 0.717) is 6.42 Å². The van der Waals surface area contributed by atoms with Crippen molar-refractivity contribution in [2.45, 2.75) is 19.8 Å². The maximum atomic E-state index is 10.5. The van der Waals surface area contributed by atoms with Gasteiger partial charge in [0.15, 0.2) is 0 Å². The van der Waals surface area contributed by atoms with Crippen LogP contribution in [0.25, 0.3) is 0 Å². The van der Waals surface area contributed by atoms with Gasteiger partial charge in [-0.05, 0) is 30.5 Å². The van der Waals surface area contributed by atoms with E-state index < -0.39 is 5.97 Å². The molecule has 0 amide bonds. The summed E-state index contributed by atoms with van der Waals surface area (Å²) in [6.07, 6.45) is 1.36. The summed E-state index contributed by atoms with van der Waals surface area (Å²) in [5, 5.41) is 17.7. The molecule has 3 heteroatoms. The molecule has 3 nitrogen and oxygen atoms in total. The molecule has 1 aromatic carbocycles. The second-order valence-electron chi connectivity index (χ2n) is 3.44. The van der Waals surface area contributed by atoms with Crippen molar-refractivity contribution in [2.24, 2.45) is 5.92 Å². The van der Waals surface area contributed by atoms with Gasteiger partial charge in [-0.2, -0.15) is 0 Å². The second-order valence-corrected chi connectivity index (χ2v) is 3.44. The molecule has 0 spiro atoms. The molecule has 14 heavy (non-hydrogen) atoms. The Morgan fingerprint density at radius 1 is 1.36 bits per heavy atom. The number of carboxylic acids is 1. The summed E-state index contributed by atoms with van der Waals surface area (Å²) in [4.78, 5) is 10.5. The summed E-state index contributed by atoms with van der Waals surface area (Å²) in [7, 11) is 0. The fourth-order valence-corrected chi connectivity index (χ4v) is 1.17. The second kappa shape index (κ2) is 4.65. The first-order valence-electron chi connectivity index (χ1n) is 4.60. The third-order valence-corrected chi connectivity index (χ3v) is 2.22. The van der Waals surface area contributed by atoms with Crippen LogP contribution >= 0.6 is 0 Å². The highest BCUT2D eigenvalue weighted by molar-refractivity contribution is 5.69. The molecule has 0 radical (unpaired) electrons. The van der Waals surface area contributed by atoms with Gasteiger partial charge in [-0.25, -0.2) is 0 Å². The Bertz CT molecular complexity index is 303. The van der Waals surface area contributed by atoms with Gasteiger partial charge < -0.3 is 10.2 Å². The SMILES string of the molecule is C[C@@H](CCc1ccc(O)cc1)C(=O)O. The monoisotopic (exact) mass is 194 g/mol. The van der Waals surface area contributed by atoms with Gasteiger partial charge in [0.1, 0.15) is 5.75 Å². The van der Waals surface area contributed by atoms with Crippen LogP contribution in [-0.4, -0.2) is 16.2 Å². The van der Waals surface area contributed by atoms with E-state index in [2.05, 4.69) is 0 Å². The van der Waals surface area contributed by atoms with Crippen LogP contribution in [0.15, 0.2) is 24.3 Å². The number of phenols is 1. The predicted molar refractivity (Wildman–Crippen MR) is 53.2 cm³/mol. The Morgan fingerprint density at radius 2 is 1.93 bits per heavy atom. The molecule has 0 saturated carbocycles. The van der Waals surface area contributed by atoms with E-state index in [1.165, 1.54) is 0 Å². The van der Waals surface area contributed by atoms with Crippen LogP contribution in [0.1, 0.15) is 18.9 Å². The lowest BCUT2D eigenvalue weighted by molar-refractivity contribution is -0.141. The summed E-state index contributed by atoms with van der Waals surface area (Å²) in [5.74, 6) is -0.840. The molecule has 1 aromatic rings. The zero-order valence-electron chi connectivity index (χ0n) is 8.10. The Hall–Kier alpha value is -1.51. The van der Waals surface area contributed by atoms with E-state index in [-0.39, 0.29) is 11.7 Å². The van der Waals surface area contributed by atoms with Crippen molar-refractivity contribution in [2.75, 3.05) is 0 Å². The van der Waals surface area contributed by atoms with Gasteiger partial charge in [-0.1, -0.05) is 19.1 Å². The zero-order valence-corrected chi connectivity index (χ0v) is 8.10. The van der Waals surface area contributed by atoms with Crippen molar-refractivity contribution in [3.05, 3.63) is 29.8 Å². The molecular weight excluding hydrogens is 180 g/mol. The number of hydrogen-bond donors (Lipinski definition) is 2. The average molecular weight is 194 g/mol. The number of carbonyl (C=O) groups is 1. The molecule has 0 fully saturated rings. The Morgan fingerprint density at radius 3 is 2.43 bits per heavy atom. The highest BCUT2D eigenvalue weighted by atomic mass is 16.4. The highest BCUT2D eigenvalue weighted by Crippen LogP contribution is 2.13. The third kappa shape index (κ3) is 3.09. The smallest absolute Gasteiger partial charge is 0.306 e. The summed E-state index contributed by atoms with van der Waals surface area (Å²) >= 11 is 0. The van der Waals surface area contributed by atoms with Gasteiger partial charge in [0.25, 0.3) is 0 Å². The maximum absolute atomic E-state index is 10.5. The number of aliphatic carboxylic acids is 1. The van der Waals surface area contributed by atoms with E-state index in [1.54, 1.807) is 19.1 Å². The van der Waals surface area contributed by atoms with Crippen LogP contribution < -0.4 is 0 Å². The number of benzene rings is 1. The maximum Gasteiger partial charge on any atom is 0.306 e. The lowest BCUT2D eigenvalue weighted by Crippen LogP contribution is -2.10. The molecule has 0 aromatic heterocycles. The van der Waals surface area contributed by atoms with E-state index >= 15 is 0 Å². The molecule has 0 aliphatic rings. The van der Waals surface area contributed by atoms with Crippen LogP contribution in [0.2, 0.25) is 0 Å². The normalized spacial score (nSPS) is 12.4. The van der Waals surface area contributed by atoms with E-state index in [0.717, 1.165) is 12.0 Å². The average Bonchev–Trinajstić information content (AvgIpc) is 2.16. The minimum atomic E-state index is -0.760.